The molecule has 0 bridgehead atoms. The van der Waals surface area contributed by atoms with Crippen LogP contribution in [-0.2, 0) is 20.0 Å². The molecule has 132 valence electrons. The Balaban J connectivity index is 0.00000182. The second-order valence-electron chi connectivity index (χ2n) is 6.04. The molecule has 7 nitrogen and oxygen atoms in total. The number of methoxy groups -OCH3 is 1. The van der Waals surface area contributed by atoms with E-state index in [4.69, 9.17) is 4.74 Å². The van der Waals surface area contributed by atoms with Gasteiger partial charge in [0, 0.05) is 25.0 Å². The summed E-state index contributed by atoms with van der Waals surface area (Å²) in [4.78, 5) is 11.0. The lowest BCUT2D eigenvalue weighted by atomic mass is 10.0. The van der Waals surface area contributed by atoms with Crippen molar-refractivity contribution in [3.05, 3.63) is 35.4 Å². The van der Waals surface area contributed by atoms with Crippen LogP contribution in [0, 0.1) is 6.92 Å². The van der Waals surface area contributed by atoms with Gasteiger partial charge in [-0.05, 0) is 25.0 Å². The summed E-state index contributed by atoms with van der Waals surface area (Å²) in [5, 5.41) is 15.4. The van der Waals surface area contributed by atoms with Crippen molar-refractivity contribution in [2.24, 2.45) is 7.05 Å². The average molecular weight is 341 g/mol. The number of hydrogen-bond donors (Lipinski definition) is 1. The van der Waals surface area contributed by atoms with Crippen LogP contribution in [0.2, 0.25) is 0 Å². The first-order valence-corrected chi connectivity index (χ1v) is 7.86. The highest BCUT2D eigenvalue weighted by Gasteiger charge is 2.24. The third-order valence-electron chi connectivity index (χ3n) is 4.66. The van der Waals surface area contributed by atoms with E-state index in [-0.39, 0.29) is 13.2 Å². The predicted molar refractivity (Wildman–Crippen MR) is 97.2 cm³/mol. The Labute approximate surface area is 146 Å². The van der Waals surface area contributed by atoms with Crippen molar-refractivity contribution in [3.8, 4) is 11.5 Å². The summed E-state index contributed by atoms with van der Waals surface area (Å²) in [7, 11) is 3.52. The number of nitrogens with zero attached hydrogens (tertiary/aromatic N) is 5. The van der Waals surface area contributed by atoms with Crippen LogP contribution in [0.3, 0.4) is 0 Å². The lowest BCUT2D eigenvalue weighted by Gasteiger charge is -2.29. The second-order valence-corrected chi connectivity index (χ2v) is 6.04. The molecule has 3 heterocycles. The SMILES string of the molecule is C.COc1cc2c(N3CCc4c(C)nn(C)c4C3)ncnc2cc1O. The normalized spacial score (nSPS) is 13.5. The Morgan fingerprint density at radius 2 is 2.04 bits per heavy atom. The minimum Gasteiger partial charge on any atom is -0.504 e. The van der Waals surface area contributed by atoms with E-state index in [9.17, 15) is 5.11 Å². The molecular weight excluding hydrogens is 318 g/mol. The molecule has 0 aliphatic carbocycles. The van der Waals surface area contributed by atoms with Gasteiger partial charge in [-0.15, -0.1) is 0 Å². The Morgan fingerprint density at radius 1 is 1.24 bits per heavy atom. The van der Waals surface area contributed by atoms with Crippen molar-refractivity contribution < 1.29 is 9.84 Å². The van der Waals surface area contributed by atoms with Gasteiger partial charge in [0.05, 0.1) is 30.6 Å². The van der Waals surface area contributed by atoms with E-state index in [2.05, 4.69) is 26.9 Å². The lowest BCUT2D eigenvalue weighted by molar-refractivity contribution is 0.374. The Bertz CT molecular complexity index is 935. The number of aryl methyl sites for hydroxylation is 2. The molecule has 1 aliphatic rings. The zero-order chi connectivity index (χ0) is 16.8. The minimum absolute atomic E-state index is 0. The number of anilines is 1. The number of aromatic nitrogens is 4. The number of fused-ring (bicyclic) bond motifs is 2. The van der Waals surface area contributed by atoms with Crippen LogP contribution in [-0.4, -0.2) is 38.5 Å². The van der Waals surface area contributed by atoms with E-state index < -0.39 is 0 Å². The average Bonchev–Trinajstić information content (AvgIpc) is 2.87. The fourth-order valence-corrected chi connectivity index (χ4v) is 3.43. The van der Waals surface area contributed by atoms with Gasteiger partial charge in [-0.3, -0.25) is 4.68 Å². The quantitative estimate of drug-likeness (QED) is 0.772. The summed E-state index contributed by atoms with van der Waals surface area (Å²) in [6.07, 6.45) is 2.48. The standard InChI is InChI=1S/C17H19N5O2.CH4/c1-10-11-4-5-22(8-14(11)21(2)20-10)17-12-6-16(24-3)15(23)7-13(12)18-9-19-17;/h6-7,9,23H,4-5,8H2,1-3H3;1H4. The van der Waals surface area contributed by atoms with E-state index in [0.29, 0.717) is 11.3 Å². The molecule has 2 aromatic heterocycles. The van der Waals surface area contributed by atoms with Gasteiger partial charge in [-0.2, -0.15) is 5.10 Å². The van der Waals surface area contributed by atoms with E-state index in [0.717, 1.165) is 36.4 Å². The number of aromatic hydroxyl groups is 1. The van der Waals surface area contributed by atoms with Gasteiger partial charge < -0.3 is 14.7 Å². The summed E-state index contributed by atoms with van der Waals surface area (Å²) < 4.78 is 7.19. The van der Waals surface area contributed by atoms with Crippen molar-refractivity contribution in [1.29, 1.82) is 0 Å². The topological polar surface area (TPSA) is 76.3 Å². The first-order valence-electron chi connectivity index (χ1n) is 7.86. The van der Waals surface area contributed by atoms with Gasteiger partial charge in [0.15, 0.2) is 11.5 Å². The molecule has 3 aromatic rings. The molecule has 0 radical (unpaired) electrons. The molecule has 4 rings (SSSR count). The van der Waals surface area contributed by atoms with Crippen LogP contribution >= 0.6 is 0 Å². The molecule has 0 fully saturated rings. The van der Waals surface area contributed by atoms with Crippen LogP contribution in [0.1, 0.15) is 24.4 Å². The van der Waals surface area contributed by atoms with E-state index >= 15 is 0 Å². The van der Waals surface area contributed by atoms with Crippen LogP contribution < -0.4 is 9.64 Å². The monoisotopic (exact) mass is 341 g/mol. The van der Waals surface area contributed by atoms with Crippen molar-refractivity contribution in [1.82, 2.24) is 19.7 Å². The fraction of sp³-hybridized carbons (Fsp3) is 0.389. The Hall–Kier alpha value is -2.83. The first-order chi connectivity index (χ1) is 11.6. The molecule has 1 N–H and O–H groups in total. The van der Waals surface area contributed by atoms with Crippen molar-refractivity contribution in [2.45, 2.75) is 27.3 Å². The second kappa shape index (κ2) is 6.23. The van der Waals surface area contributed by atoms with Gasteiger partial charge in [-0.25, -0.2) is 9.97 Å². The van der Waals surface area contributed by atoms with Crippen LogP contribution in [0.25, 0.3) is 10.9 Å². The zero-order valence-electron chi connectivity index (χ0n) is 13.9. The molecule has 0 atom stereocenters. The third-order valence-corrected chi connectivity index (χ3v) is 4.66. The summed E-state index contributed by atoms with van der Waals surface area (Å²) in [5.74, 6) is 1.35. The summed E-state index contributed by atoms with van der Waals surface area (Å²) in [6, 6.07) is 3.41. The summed E-state index contributed by atoms with van der Waals surface area (Å²) in [5.41, 5.74) is 4.36. The van der Waals surface area contributed by atoms with Gasteiger partial charge >= 0.3 is 0 Å². The van der Waals surface area contributed by atoms with Gasteiger partial charge in [0.25, 0.3) is 0 Å². The maximum Gasteiger partial charge on any atom is 0.161 e. The van der Waals surface area contributed by atoms with Crippen molar-refractivity contribution in [3.63, 3.8) is 0 Å². The van der Waals surface area contributed by atoms with Crippen molar-refractivity contribution >= 4 is 16.7 Å². The highest BCUT2D eigenvalue weighted by Crippen LogP contribution is 2.35. The third kappa shape index (κ3) is 2.65. The van der Waals surface area contributed by atoms with Gasteiger partial charge in [-0.1, -0.05) is 7.43 Å². The number of phenolic OH excluding ortho intramolecular Hbond substituents is 1. The maximum atomic E-state index is 9.97. The smallest absolute Gasteiger partial charge is 0.161 e. The van der Waals surface area contributed by atoms with Crippen LogP contribution in [0.15, 0.2) is 18.5 Å². The molecule has 0 saturated carbocycles. The molecule has 1 aromatic carbocycles. The van der Waals surface area contributed by atoms with Crippen molar-refractivity contribution in [2.75, 3.05) is 18.6 Å². The predicted octanol–water partition coefficient (Wildman–Crippen LogP) is 2.58. The molecule has 0 unspecified atom stereocenters. The molecule has 1 aliphatic heterocycles. The molecule has 0 spiro atoms. The zero-order valence-corrected chi connectivity index (χ0v) is 13.9. The number of phenols is 1. The number of hydrogen-bond acceptors (Lipinski definition) is 6. The van der Waals surface area contributed by atoms with E-state index in [1.165, 1.54) is 24.7 Å². The first kappa shape index (κ1) is 17.0. The van der Waals surface area contributed by atoms with Gasteiger partial charge in [0.1, 0.15) is 12.1 Å². The van der Waals surface area contributed by atoms with E-state index in [1.54, 1.807) is 12.1 Å². The Kier molecular flexibility index (Phi) is 4.24. The summed E-state index contributed by atoms with van der Waals surface area (Å²) in [6.45, 7) is 3.68. The van der Waals surface area contributed by atoms with Gasteiger partial charge in [0.2, 0.25) is 0 Å². The Morgan fingerprint density at radius 3 is 2.80 bits per heavy atom. The summed E-state index contributed by atoms with van der Waals surface area (Å²) >= 11 is 0. The van der Waals surface area contributed by atoms with E-state index in [1.807, 2.05) is 11.7 Å². The number of rotatable bonds is 2. The highest BCUT2D eigenvalue weighted by molar-refractivity contribution is 5.92. The highest BCUT2D eigenvalue weighted by atomic mass is 16.5. The number of benzene rings is 1. The molecule has 7 heteroatoms. The maximum absolute atomic E-state index is 9.97. The number of ether oxygens (including phenoxy) is 1. The fourth-order valence-electron chi connectivity index (χ4n) is 3.43. The largest absolute Gasteiger partial charge is 0.504 e. The lowest BCUT2D eigenvalue weighted by Crippen LogP contribution is -2.32. The molecule has 25 heavy (non-hydrogen) atoms. The molecular formula is C18H23N5O2. The van der Waals surface area contributed by atoms with Crippen LogP contribution in [0.5, 0.6) is 11.5 Å². The molecule has 0 saturated heterocycles. The molecule has 0 amide bonds. The van der Waals surface area contributed by atoms with Crippen LogP contribution in [0.4, 0.5) is 5.82 Å². The minimum atomic E-state index is 0.